The number of benzene rings is 2. The Morgan fingerprint density at radius 1 is 1.14 bits per heavy atom. The van der Waals surface area contributed by atoms with Crippen molar-refractivity contribution in [2.45, 2.75) is 6.92 Å². The quantitative estimate of drug-likeness (QED) is 0.293. The van der Waals surface area contributed by atoms with Crippen LogP contribution in [0.3, 0.4) is 0 Å². The van der Waals surface area contributed by atoms with Gasteiger partial charge in [0.1, 0.15) is 11.5 Å². The molecule has 1 aromatic heterocycles. The average molecular weight is 457 g/mol. The summed E-state index contributed by atoms with van der Waals surface area (Å²) in [7, 11) is 0. The molecule has 3 aromatic rings. The Hall–Kier alpha value is -3.39. The fraction of sp³-hybridized carbons (Fsp3) is 0.0952. The molecule has 0 saturated heterocycles. The number of rotatable bonds is 7. The number of furan rings is 1. The van der Waals surface area contributed by atoms with Crippen molar-refractivity contribution in [3.05, 3.63) is 76.0 Å². The van der Waals surface area contributed by atoms with Gasteiger partial charge < -0.3 is 14.3 Å². The molecule has 0 amide bonds. The summed E-state index contributed by atoms with van der Waals surface area (Å²) >= 11 is 3.36. The lowest BCUT2D eigenvalue weighted by molar-refractivity contribution is 0.0526. The number of esters is 1. The van der Waals surface area contributed by atoms with Gasteiger partial charge in [0, 0.05) is 10.0 Å². The first-order valence-electron chi connectivity index (χ1n) is 8.66. The molecule has 8 heteroatoms. The Bertz CT molecular complexity index is 1060. The Morgan fingerprint density at radius 3 is 2.55 bits per heavy atom. The number of nitrogens with zero attached hydrogens (tertiary/aromatic N) is 1. The summed E-state index contributed by atoms with van der Waals surface area (Å²) in [6.45, 7) is 1.87. The molecule has 0 fully saturated rings. The second kappa shape index (κ2) is 9.20. The number of hydrogen-bond donors (Lipinski definition) is 2. The lowest BCUT2D eigenvalue weighted by atomic mass is 10.0. The first-order chi connectivity index (χ1) is 14.0. The van der Waals surface area contributed by atoms with E-state index >= 15 is 0 Å². The Labute approximate surface area is 175 Å². The van der Waals surface area contributed by atoms with E-state index in [0.717, 1.165) is 10.2 Å². The maximum absolute atomic E-state index is 12.0. The monoisotopic (exact) mass is 456 g/mol. The largest absolute Gasteiger partial charge is 0.478 e. The number of halogens is 1. The highest BCUT2D eigenvalue weighted by Crippen LogP contribution is 2.25. The second-order valence-corrected chi connectivity index (χ2v) is 6.82. The topological polar surface area (TPSA) is 101 Å². The molecular formula is C21H17BrN2O5. The number of ether oxygens (including phenoxy) is 1. The van der Waals surface area contributed by atoms with Gasteiger partial charge in [-0.05, 0) is 61.5 Å². The SMILES string of the molecule is CCOC(=O)c1cc(C(=O)O)cc(-c2ccc(/C=N\Nc3ccc(Br)cc3)o2)c1. The van der Waals surface area contributed by atoms with Gasteiger partial charge in [-0.15, -0.1) is 0 Å². The van der Waals surface area contributed by atoms with E-state index < -0.39 is 11.9 Å². The molecule has 0 spiro atoms. The number of anilines is 1. The number of aromatic carboxylic acids is 1. The zero-order chi connectivity index (χ0) is 20.8. The van der Waals surface area contributed by atoms with Crippen molar-refractivity contribution in [1.29, 1.82) is 0 Å². The van der Waals surface area contributed by atoms with E-state index in [1.165, 1.54) is 24.4 Å². The normalized spacial score (nSPS) is 10.8. The Kier molecular flexibility index (Phi) is 6.46. The molecule has 2 aromatic carbocycles. The maximum Gasteiger partial charge on any atom is 0.338 e. The van der Waals surface area contributed by atoms with Crippen LogP contribution in [0, 0.1) is 0 Å². The molecule has 0 bridgehead atoms. The van der Waals surface area contributed by atoms with Crippen LogP contribution in [0.1, 0.15) is 33.4 Å². The molecule has 2 N–H and O–H groups in total. The second-order valence-electron chi connectivity index (χ2n) is 5.90. The lowest BCUT2D eigenvalue weighted by Gasteiger charge is -2.06. The average Bonchev–Trinajstić information content (AvgIpc) is 3.18. The first kappa shape index (κ1) is 20.3. The van der Waals surface area contributed by atoms with Crippen LogP contribution in [-0.2, 0) is 4.74 Å². The number of carboxylic acid groups (broad SMARTS) is 1. The van der Waals surface area contributed by atoms with Crippen LogP contribution in [-0.4, -0.2) is 29.9 Å². The van der Waals surface area contributed by atoms with Crippen LogP contribution in [0.15, 0.2) is 68.6 Å². The number of hydrazone groups is 1. The number of carbonyl (C=O) groups excluding carboxylic acids is 1. The molecule has 0 aliphatic carbocycles. The van der Waals surface area contributed by atoms with Crippen molar-refractivity contribution in [1.82, 2.24) is 0 Å². The van der Waals surface area contributed by atoms with Crippen LogP contribution < -0.4 is 5.43 Å². The summed E-state index contributed by atoms with van der Waals surface area (Å²) in [6, 6.07) is 15.1. The number of hydrogen-bond acceptors (Lipinski definition) is 6. The van der Waals surface area contributed by atoms with Crippen molar-refractivity contribution >= 4 is 39.8 Å². The molecule has 148 valence electrons. The molecule has 0 unspecified atom stereocenters. The minimum absolute atomic E-state index is 0.0333. The van der Waals surface area contributed by atoms with Crippen molar-refractivity contribution in [3.8, 4) is 11.3 Å². The van der Waals surface area contributed by atoms with Gasteiger partial charge in [-0.25, -0.2) is 9.59 Å². The standard InChI is InChI=1S/C21H17BrN2O5/c1-2-28-21(27)15-10-13(9-14(11-15)20(25)26)19-8-7-18(29-19)12-23-24-17-5-3-16(22)4-6-17/h3-12,24H,2H2,1H3,(H,25,26)/b23-12-. The minimum atomic E-state index is -1.15. The molecule has 0 atom stereocenters. The third-order valence-electron chi connectivity index (χ3n) is 3.83. The van der Waals surface area contributed by atoms with Gasteiger partial charge in [0.05, 0.1) is 29.6 Å². The maximum atomic E-state index is 12.0. The van der Waals surface area contributed by atoms with Crippen molar-refractivity contribution in [2.75, 3.05) is 12.0 Å². The van der Waals surface area contributed by atoms with Gasteiger partial charge in [-0.3, -0.25) is 5.43 Å². The third kappa shape index (κ3) is 5.32. The van der Waals surface area contributed by atoms with Gasteiger partial charge in [0.2, 0.25) is 0 Å². The predicted molar refractivity (Wildman–Crippen MR) is 112 cm³/mol. The van der Waals surface area contributed by atoms with E-state index in [1.54, 1.807) is 19.1 Å². The molecule has 1 heterocycles. The molecular weight excluding hydrogens is 440 g/mol. The number of nitrogens with one attached hydrogen (secondary N) is 1. The Balaban J connectivity index is 1.81. The van der Waals surface area contributed by atoms with Crippen molar-refractivity contribution in [2.24, 2.45) is 5.10 Å². The zero-order valence-electron chi connectivity index (χ0n) is 15.4. The highest BCUT2D eigenvalue weighted by molar-refractivity contribution is 9.10. The number of carbonyl (C=O) groups is 2. The van der Waals surface area contributed by atoms with E-state index in [-0.39, 0.29) is 17.7 Å². The highest BCUT2D eigenvalue weighted by Gasteiger charge is 2.15. The molecule has 0 saturated carbocycles. The van der Waals surface area contributed by atoms with E-state index in [2.05, 4.69) is 26.5 Å². The summed E-state index contributed by atoms with van der Waals surface area (Å²) in [5.74, 6) is -0.875. The molecule has 3 rings (SSSR count). The van der Waals surface area contributed by atoms with Crippen molar-refractivity contribution < 1.29 is 23.8 Å². The van der Waals surface area contributed by atoms with E-state index in [0.29, 0.717) is 17.1 Å². The number of carboxylic acids is 1. The van der Waals surface area contributed by atoms with Crippen molar-refractivity contribution in [3.63, 3.8) is 0 Å². The molecule has 7 nitrogen and oxygen atoms in total. The lowest BCUT2D eigenvalue weighted by Crippen LogP contribution is -2.07. The van der Waals surface area contributed by atoms with Gasteiger partial charge >= 0.3 is 11.9 Å². The first-order valence-corrected chi connectivity index (χ1v) is 9.46. The third-order valence-corrected chi connectivity index (χ3v) is 4.36. The summed E-state index contributed by atoms with van der Waals surface area (Å²) in [5, 5.41) is 13.4. The van der Waals surface area contributed by atoms with E-state index in [4.69, 9.17) is 9.15 Å². The van der Waals surface area contributed by atoms with Gasteiger partial charge in [-0.2, -0.15) is 5.10 Å². The van der Waals surface area contributed by atoms with Crippen LogP contribution in [0.25, 0.3) is 11.3 Å². The van der Waals surface area contributed by atoms with Crippen LogP contribution in [0.5, 0.6) is 0 Å². The summed E-state index contributed by atoms with van der Waals surface area (Å²) in [4.78, 5) is 23.4. The summed E-state index contributed by atoms with van der Waals surface area (Å²) in [5.41, 5.74) is 4.25. The van der Waals surface area contributed by atoms with Gasteiger partial charge in [0.15, 0.2) is 0 Å². The fourth-order valence-corrected chi connectivity index (χ4v) is 2.76. The Morgan fingerprint density at radius 2 is 1.86 bits per heavy atom. The van der Waals surface area contributed by atoms with Gasteiger partial charge in [0.25, 0.3) is 0 Å². The minimum Gasteiger partial charge on any atom is -0.478 e. The summed E-state index contributed by atoms with van der Waals surface area (Å²) < 4.78 is 11.6. The molecule has 0 radical (unpaired) electrons. The summed E-state index contributed by atoms with van der Waals surface area (Å²) in [6.07, 6.45) is 1.50. The molecule has 0 aliphatic rings. The van der Waals surface area contributed by atoms with Crippen LogP contribution in [0.2, 0.25) is 0 Å². The van der Waals surface area contributed by atoms with Crippen LogP contribution >= 0.6 is 15.9 Å². The van der Waals surface area contributed by atoms with E-state index in [1.807, 2.05) is 24.3 Å². The van der Waals surface area contributed by atoms with Crippen LogP contribution in [0.4, 0.5) is 5.69 Å². The molecule has 0 aliphatic heterocycles. The predicted octanol–water partition coefficient (Wildman–Crippen LogP) is 5.03. The zero-order valence-corrected chi connectivity index (χ0v) is 17.0. The highest BCUT2D eigenvalue weighted by atomic mass is 79.9. The molecule has 29 heavy (non-hydrogen) atoms. The smallest absolute Gasteiger partial charge is 0.338 e. The van der Waals surface area contributed by atoms with E-state index in [9.17, 15) is 14.7 Å². The fourth-order valence-electron chi connectivity index (χ4n) is 2.50. The van der Waals surface area contributed by atoms with Gasteiger partial charge in [-0.1, -0.05) is 15.9 Å².